The summed E-state index contributed by atoms with van der Waals surface area (Å²) in [6, 6.07) is 4.63. The molecule has 0 spiro atoms. The third-order valence-electron chi connectivity index (χ3n) is 3.54. The van der Waals surface area contributed by atoms with Crippen LogP contribution in [0.15, 0.2) is 12.1 Å². The first kappa shape index (κ1) is 13.0. The molecule has 0 saturated carbocycles. The van der Waals surface area contributed by atoms with E-state index >= 15 is 0 Å². The Balaban J connectivity index is 2.35. The van der Waals surface area contributed by atoms with E-state index in [1.807, 2.05) is 0 Å². The molecule has 1 aliphatic heterocycles. The Hall–Kier alpha value is -1.42. The van der Waals surface area contributed by atoms with Crippen molar-refractivity contribution in [3.8, 4) is 17.2 Å². The van der Waals surface area contributed by atoms with E-state index < -0.39 is 0 Å². The molecule has 0 radical (unpaired) electrons. The fourth-order valence-electron chi connectivity index (χ4n) is 2.56. The van der Waals surface area contributed by atoms with Crippen molar-refractivity contribution in [2.75, 3.05) is 27.9 Å². The predicted octanol–water partition coefficient (Wildman–Crippen LogP) is 1.50. The smallest absolute Gasteiger partial charge is 0.203 e. The molecule has 1 saturated heterocycles. The third-order valence-corrected chi connectivity index (χ3v) is 3.54. The van der Waals surface area contributed by atoms with Crippen molar-refractivity contribution in [2.24, 2.45) is 0 Å². The molecule has 1 aromatic carbocycles. The summed E-state index contributed by atoms with van der Waals surface area (Å²) in [6.45, 7) is 1.20. The molecule has 2 N–H and O–H groups in total. The van der Waals surface area contributed by atoms with Gasteiger partial charge >= 0.3 is 0 Å². The lowest BCUT2D eigenvalue weighted by atomic mass is 9.97. The average molecular weight is 252 g/mol. The van der Waals surface area contributed by atoms with Crippen LogP contribution in [0.2, 0.25) is 0 Å². The molecule has 0 aromatic heterocycles. The molecule has 1 fully saturated rings. The lowest BCUT2D eigenvalue weighted by molar-refractivity contribution is -0.704. The minimum Gasteiger partial charge on any atom is -0.493 e. The van der Waals surface area contributed by atoms with Gasteiger partial charge in [-0.05, 0) is 25.0 Å². The van der Waals surface area contributed by atoms with Gasteiger partial charge < -0.3 is 19.5 Å². The minimum atomic E-state index is 0.507. The molecular formula is C14H22NO3+. The van der Waals surface area contributed by atoms with Crippen molar-refractivity contribution in [2.45, 2.75) is 25.3 Å². The lowest BCUT2D eigenvalue weighted by Crippen LogP contribution is -2.86. The number of quaternary nitrogens is 1. The van der Waals surface area contributed by atoms with E-state index in [0.29, 0.717) is 11.8 Å². The Morgan fingerprint density at radius 3 is 2.11 bits per heavy atom. The monoisotopic (exact) mass is 252 g/mol. The highest BCUT2D eigenvalue weighted by atomic mass is 16.5. The topological polar surface area (TPSA) is 44.3 Å². The van der Waals surface area contributed by atoms with Gasteiger partial charge in [-0.3, -0.25) is 0 Å². The number of hydrogen-bond acceptors (Lipinski definition) is 3. The summed E-state index contributed by atoms with van der Waals surface area (Å²) in [7, 11) is 4.95. The van der Waals surface area contributed by atoms with E-state index in [1.165, 1.54) is 31.4 Å². The average Bonchev–Trinajstić information content (AvgIpc) is 2.46. The number of benzene rings is 1. The van der Waals surface area contributed by atoms with Gasteiger partial charge in [0, 0.05) is 12.0 Å². The van der Waals surface area contributed by atoms with Crippen molar-refractivity contribution in [1.29, 1.82) is 0 Å². The maximum atomic E-state index is 5.39. The van der Waals surface area contributed by atoms with Crippen molar-refractivity contribution < 1.29 is 19.5 Å². The molecule has 4 heteroatoms. The minimum absolute atomic E-state index is 0.507. The first-order valence-electron chi connectivity index (χ1n) is 6.43. The quantitative estimate of drug-likeness (QED) is 0.883. The lowest BCUT2D eigenvalue weighted by Gasteiger charge is -2.22. The van der Waals surface area contributed by atoms with Crippen LogP contribution in [-0.2, 0) is 0 Å². The third kappa shape index (κ3) is 2.53. The van der Waals surface area contributed by atoms with Gasteiger partial charge in [-0.25, -0.2) is 0 Å². The summed E-state index contributed by atoms with van der Waals surface area (Å²) in [6.07, 6.45) is 3.80. The second-order valence-corrected chi connectivity index (χ2v) is 4.59. The number of ether oxygens (including phenoxy) is 3. The standard InChI is InChI=1S/C14H21NO3/c1-16-12-8-10(11-6-4-5-7-15-11)9-13(17-2)14(12)18-3/h8-9,11,15H,4-7H2,1-3H3/p+1/t11-/m1/s1. The highest BCUT2D eigenvalue weighted by molar-refractivity contribution is 5.54. The van der Waals surface area contributed by atoms with Crippen LogP contribution in [0, 0.1) is 0 Å². The fourth-order valence-corrected chi connectivity index (χ4v) is 2.56. The van der Waals surface area contributed by atoms with Gasteiger partial charge in [0.05, 0.1) is 27.9 Å². The SMILES string of the molecule is COc1cc([C@H]2CCCC[NH2+]2)cc(OC)c1OC. The number of rotatable bonds is 4. The first-order chi connectivity index (χ1) is 8.80. The first-order valence-corrected chi connectivity index (χ1v) is 6.43. The molecular weight excluding hydrogens is 230 g/mol. The highest BCUT2D eigenvalue weighted by Crippen LogP contribution is 2.39. The number of methoxy groups -OCH3 is 3. The molecule has 2 rings (SSSR count). The van der Waals surface area contributed by atoms with Crippen molar-refractivity contribution in [1.82, 2.24) is 0 Å². The summed E-state index contributed by atoms with van der Waals surface area (Å²) in [5.74, 6) is 2.15. The van der Waals surface area contributed by atoms with Crippen LogP contribution in [0.1, 0.15) is 30.9 Å². The van der Waals surface area contributed by atoms with E-state index in [4.69, 9.17) is 14.2 Å². The zero-order chi connectivity index (χ0) is 13.0. The van der Waals surface area contributed by atoms with E-state index in [2.05, 4.69) is 17.4 Å². The van der Waals surface area contributed by atoms with Crippen LogP contribution < -0.4 is 19.5 Å². The second kappa shape index (κ2) is 5.96. The molecule has 0 bridgehead atoms. The molecule has 1 aromatic rings. The molecule has 0 amide bonds. The van der Waals surface area contributed by atoms with Crippen LogP contribution in [0.5, 0.6) is 17.2 Å². The normalized spacial score (nSPS) is 19.4. The van der Waals surface area contributed by atoms with E-state index in [-0.39, 0.29) is 0 Å². The van der Waals surface area contributed by atoms with Gasteiger partial charge in [0.1, 0.15) is 6.04 Å². The highest BCUT2D eigenvalue weighted by Gasteiger charge is 2.22. The van der Waals surface area contributed by atoms with Crippen molar-refractivity contribution >= 4 is 0 Å². The van der Waals surface area contributed by atoms with Crippen molar-refractivity contribution in [3.05, 3.63) is 17.7 Å². The Bertz CT molecular complexity index is 375. The van der Waals surface area contributed by atoms with Gasteiger partial charge in [0.2, 0.25) is 5.75 Å². The summed E-state index contributed by atoms with van der Waals surface area (Å²) >= 11 is 0. The molecule has 0 aliphatic carbocycles. The van der Waals surface area contributed by atoms with E-state index in [9.17, 15) is 0 Å². The van der Waals surface area contributed by atoms with Crippen molar-refractivity contribution in [3.63, 3.8) is 0 Å². The summed E-state index contributed by atoms with van der Waals surface area (Å²) in [5.41, 5.74) is 1.25. The van der Waals surface area contributed by atoms with Crippen LogP contribution in [0.25, 0.3) is 0 Å². The number of nitrogens with two attached hydrogens (primary N) is 1. The molecule has 0 unspecified atom stereocenters. The van der Waals surface area contributed by atoms with Gasteiger partial charge in [-0.15, -0.1) is 0 Å². The summed E-state index contributed by atoms with van der Waals surface area (Å²) < 4.78 is 16.1. The van der Waals surface area contributed by atoms with Gasteiger partial charge in [-0.1, -0.05) is 0 Å². The predicted molar refractivity (Wildman–Crippen MR) is 69.5 cm³/mol. The van der Waals surface area contributed by atoms with Gasteiger partial charge in [0.25, 0.3) is 0 Å². The molecule has 100 valence electrons. The van der Waals surface area contributed by atoms with Crippen LogP contribution >= 0.6 is 0 Å². The summed E-state index contributed by atoms with van der Waals surface area (Å²) in [5, 5.41) is 2.39. The summed E-state index contributed by atoms with van der Waals surface area (Å²) in [4.78, 5) is 0. The molecule has 1 aliphatic rings. The van der Waals surface area contributed by atoms with Gasteiger partial charge in [-0.2, -0.15) is 0 Å². The Kier molecular flexibility index (Phi) is 4.31. The maximum absolute atomic E-state index is 5.39. The zero-order valence-corrected chi connectivity index (χ0v) is 11.4. The largest absolute Gasteiger partial charge is 0.493 e. The van der Waals surface area contributed by atoms with E-state index in [1.54, 1.807) is 21.3 Å². The second-order valence-electron chi connectivity index (χ2n) is 4.59. The zero-order valence-electron chi connectivity index (χ0n) is 11.4. The van der Waals surface area contributed by atoms with Crippen LogP contribution in [0.4, 0.5) is 0 Å². The van der Waals surface area contributed by atoms with E-state index in [0.717, 1.165) is 11.5 Å². The number of hydrogen-bond donors (Lipinski definition) is 1. The fraction of sp³-hybridized carbons (Fsp3) is 0.571. The molecule has 1 heterocycles. The van der Waals surface area contributed by atoms with Crippen LogP contribution in [0.3, 0.4) is 0 Å². The Morgan fingerprint density at radius 1 is 1.00 bits per heavy atom. The number of piperidine rings is 1. The Morgan fingerprint density at radius 2 is 1.67 bits per heavy atom. The maximum Gasteiger partial charge on any atom is 0.203 e. The van der Waals surface area contributed by atoms with Crippen LogP contribution in [-0.4, -0.2) is 27.9 Å². The molecule has 4 nitrogen and oxygen atoms in total. The molecule has 1 atom stereocenters. The van der Waals surface area contributed by atoms with Gasteiger partial charge in [0.15, 0.2) is 11.5 Å². The Labute approximate surface area is 108 Å². The molecule has 18 heavy (non-hydrogen) atoms.